The number of aromatic nitrogens is 3. The minimum atomic E-state index is -0.276. The Kier molecular flexibility index (Phi) is 5.70. The third kappa shape index (κ3) is 4.73. The molecular weight excluding hydrogens is 333 g/mol. The van der Waals surface area contributed by atoms with E-state index in [1.54, 1.807) is 18.5 Å². The SMILES string of the molecule is C[C@H](CO)Nc1nc(NCc2cccc(F)c2)cc(-c2cccnc2)n1. The molecule has 26 heavy (non-hydrogen) atoms. The zero-order chi connectivity index (χ0) is 18.4. The predicted molar refractivity (Wildman–Crippen MR) is 99.2 cm³/mol. The fourth-order valence-corrected chi connectivity index (χ4v) is 2.37. The lowest BCUT2D eigenvalue weighted by molar-refractivity contribution is 0.281. The number of halogens is 1. The van der Waals surface area contributed by atoms with E-state index >= 15 is 0 Å². The van der Waals surface area contributed by atoms with E-state index < -0.39 is 0 Å². The van der Waals surface area contributed by atoms with Crippen LogP contribution in [0.4, 0.5) is 16.2 Å². The Labute approximate surface area is 151 Å². The monoisotopic (exact) mass is 353 g/mol. The van der Waals surface area contributed by atoms with Crippen molar-refractivity contribution >= 4 is 11.8 Å². The smallest absolute Gasteiger partial charge is 0.225 e. The maximum Gasteiger partial charge on any atom is 0.225 e. The maximum atomic E-state index is 13.3. The van der Waals surface area contributed by atoms with Crippen LogP contribution in [0, 0.1) is 5.82 Å². The van der Waals surface area contributed by atoms with Gasteiger partial charge in [-0.3, -0.25) is 4.98 Å². The number of aliphatic hydroxyl groups excluding tert-OH is 1. The fraction of sp³-hybridized carbons (Fsp3) is 0.211. The quantitative estimate of drug-likeness (QED) is 0.605. The number of benzene rings is 1. The van der Waals surface area contributed by atoms with Gasteiger partial charge in [-0.25, -0.2) is 9.37 Å². The van der Waals surface area contributed by atoms with Crippen LogP contribution < -0.4 is 10.6 Å². The summed E-state index contributed by atoms with van der Waals surface area (Å²) in [7, 11) is 0. The number of aliphatic hydroxyl groups is 1. The Morgan fingerprint density at radius 3 is 2.77 bits per heavy atom. The molecule has 0 spiro atoms. The normalized spacial score (nSPS) is 11.8. The van der Waals surface area contributed by atoms with Crippen molar-refractivity contribution in [2.24, 2.45) is 0 Å². The number of nitrogens with zero attached hydrogens (tertiary/aromatic N) is 3. The van der Waals surface area contributed by atoms with Crippen LogP contribution in [0.15, 0.2) is 54.9 Å². The van der Waals surface area contributed by atoms with E-state index in [4.69, 9.17) is 0 Å². The van der Waals surface area contributed by atoms with E-state index in [-0.39, 0.29) is 18.5 Å². The van der Waals surface area contributed by atoms with Crippen molar-refractivity contribution in [1.82, 2.24) is 15.0 Å². The summed E-state index contributed by atoms with van der Waals surface area (Å²) >= 11 is 0. The molecule has 0 aliphatic heterocycles. The molecule has 3 rings (SSSR count). The zero-order valence-corrected chi connectivity index (χ0v) is 14.4. The summed E-state index contributed by atoms with van der Waals surface area (Å²) in [6.07, 6.45) is 3.42. The molecule has 3 aromatic rings. The van der Waals surface area contributed by atoms with Crippen LogP contribution in [0.25, 0.3) is 11.3 Å². The second-order valence-electron chi connectivity index (χ2n) is 5.92. The van der Waals surface area contributed by atoms with E-state index in [1.807, 2.05) is 31.2 Å². The van der Waals surface area contributed by atoms with Gasteiger partial charge in [0.2, 0.25) is 5.95 Å². The van der Waals surface area contributed by atoms with Gasteiger partial charge in [0.1, 0.15) is 11.6 Å². The molecule has 0 bridgehead atoms. The van der Waals surface area contributed by atoms with E-state index in [0.29, 0.717) is 24.0 Å². The van der Waals surface area contributed by atoms with Gasteiger partial charge >= 0.3 is 0 Å². The van der Waals surface area contributed by atoms with E-state index in [2.05, 4.69) is 25.6 Å². The highest BCUT2D eigenvalue weighted by Crippen LogP contribution is 2.21. The Morgan fingerprint density at radius 2 is 2.04 bits per heavy atom. The third-order valence-electron chi connectivity index (χ3n) is 3.70. The van der Waals surface area contributed by atoms with Crippen molar-refractivity contribution in [2.75, 3.05) is 17.2 Å². The first-order chi connectivity index (χ1) is 12.6. The topological polar surface area (TPSA) is 83.0 Å². The van der Waals surface area contributed by atoms with Crippen molar-refractivity contribution in [3.8, 4) is 11.3 Å². The standard InChI is InChI=1S/C19H20FN5O/c1-13(12-26)23-19-24-17(15-5-3-7-21-11-15)9-18(25-19)22-10-14-4-2-6-16(20)8-14/h2-9,11,13,26H,10,12H2,1H3,(H2,22,23,24,25)/t13-/m1/s1. The van der Waals surface area contributed by atoms with Crippen molar-refractivity contribution in [1.29, 1.82) is 0 Å². The molecule has 3 N–H and O–H groups in total. The van der Waals surface area contributed by atoms with E-state index in [1.165, 1.54) is 12.1 Å². The van der Waals surface area contributed by atoms with Gasteiger partial charge < -0.3 is 15.7 Å². The van der Waals surface area contributed by atoms with Crippen LogP contribution in [-0.2, 0) is 6.54 Å². The molecule has 1 atom stereocenters. The van der Waals surface area contributed by atoms with Gasteiger partial charge in [0, 0.05) is 36.6 Å². The van der Waals surface area contributed by atoms with Crippen LogP contribution in [0.5, 0.6) is 0 Å². The van der Waals surface area contributed by atoms with Crippen molar-refractivity contribution in [3.05, 3.63) is 66.2 Å². The molecule has 2 aromatic heterocycles. The summed E-state index contributed by atoms with van der Waals surface area (Å²) in [5.74, 6) is 0.715. The summed E-state index contributed by atoms with van der Waals surface area (Å²) in [5.41, 5.74) is 2.36. The first-order valence-electron chi connectivity index (χ1n) is 8.29. The molecule has 0 saturated carbocycles. The summed E-state index contributed by atoms with van der Waals surface area (Å²) in [6.45, 7) is 2.22. The molecule has 0 saturated heterocycles. The molecule has 7 heteroatoms. The average Bonchev–Trinajstić information content (AvgIpc) is 2.67. The van der Waals surface area contributed by atoms with Gasteiger partial charge in [-0.2, -0.15) is 4.98 Å². The van der Waals surface area contributed by atoms with Crippen LogP contribution in [0.2, 0.25) is 0 Å². The number of anilines is 2. The van der Waals surface area contributed by atoms with Crippen molar-refractivity contribution in [2.45, 2.75) is 19.5 Å². The molecule has 1 aromatic carbocycles. The molecule has 0 aliphatic carbocycles. The third-order valence-corrected chi connectivity index (χ3v) is 3.70. The van der Waals surface area contributed by atoms with Gasteiger partial charge in [-0.15, -0.1) is 0 Å². The Bertz CT molecular complexity index is 860. The molecule has 0 radical (unpaired) electrons. The first-order valence-corrected chi connectivity index (χ1v) is 8.29. The molecule has 0 aliphatic rings. The van der Waals surface area contributed by atoms with Gasteiger partial charge in [-0.1, -0.05) is 12.1 Å². The van der Waals surface area contributed by atoms with Crippen molar-refractivity contribution < 1.29 is 9.50 Å². The summed E-state index contributed by atoms with van der Waals surface area (Å²) in [5, 5.41) is 15.5. The maximum absolute atomic E-state index is 13.3. The summed E-state index contributed by atoms with van der Waals surface area (Å²) in [4.78, 5) is 13.0. The average molecular weight is 353 g/mol. The molecule has 6 nitrogen and oxygen atoms in total. The highest BCUT2D eigenvalue weighted by molar-refractivity contribution is 5.63. The molecule has 0 amide bonds. The number of pyridine rings is 1. The lowest BCUT2D eigenvalue weighted by Crippen LogP contribution is -2.21. The molecule has 134 valence electrons. The number of hydrogen-bond acceptors (Lipinski definition) is 6. The largest absolute Gasteiger partial charge is 0.394 e. The highest BCUT2D eigenvalue weighted by atomic mass is 19.1. The molecule has 0 unspecified atom stereocenters. The number of rotatable bonds is 7. The minimum absolute atomic E-state index is 0.0352. The van der Waals surface area contributed by atoms with Crippen LogP contribution in [-0.4, -0.2) is 32.7 Å². The summed E-state index contributed by atoms with van der Waals surface area (Å²) < 4.78 is 13.3. The lowest BCUT2D eigenvalue weighted by atomic mass is 10.2. The van der Waals surface area contributed by atoms with Crippen LogP contribution in [0.1, 0.15) is 12.5 Å². The second kappa shape index (κ2) is 8.35. The Balaban J connectivity index is 1.86. The molecule has 0 fully saturated rings. The van der Waals surface area contributed by atoms with E-state index in [9.17, 15) is 9.50 Å². The van der Waals surface area contributed by atoms with Gasteiger partial charge in [0.25, 0.3) is 0 Å². The highest BCUT2D eigenvalue weighted by Gasteiger charge is 2.09. The van der Waals surface area contributed by atoms with E-state index in [0.717, 1.165) is 11.1 Å². The predicted octanol–water partition coefficient (Wildman–Crippen LogP) is 3.08. The second-order valence-corrected chi connectivity index (χ2v) is 5.92. The Hall–Kier alpha value is -3.06. The van der Waals surface area contributed by atoms with Crippen LogP contribution >= 0.6 is 0 Å². The number of hydrogen-bond donors (Lipinski definition) is 3. The van der Waals surface area contributed by atoms with Gasteiger partial charge in [-0.05, 0) is 36.8 Å². The fourth-order valence-electron chi connectivity index (χ4n) is 2.37. The number of nitrogens with one attached hydrogen (secondary N) is 2. The lowest BCUT2D eigenvalue weighted by Gasteiger charge is -2.14. The molecular formula is C19H20FN5O. The van der Waals surface area contributed by atoms with Crippen LogP contribution in [0.3, 0.4) is 0 Å². The van der Waals surface area contributed by atoms with Gasteiger partial charge in [0.05, 0.1) is 12.3 Å². The first kappa shape index (κ1) is 17.8. The van der Waals surface area contributed by atoms with Crippen molar-refractivity contribution in [3.63, 3.8) is 0 Å². The zero-order valence-electron chi connectivity index (χ0n) is 14.4. The minimum Gasteiger partial charge on any atom is -0.394 e. The van der Waals surface area contributed by atoms with Gasteiger partial charge in [0.15, 0.2) is 0 Å². The molecule has 2 heterocycles. The Morgan fingerprint density at radius 1 is 1.15 bits per heavy atom. The summed E-state index contributed by atoms with van der Waals surface area (Å²) in [6, 6.07) is 11.8.